The zero-order valence-corrected chi connectivity index (χ0v) is 14.2. The van der Waals surface area contributed by atoms with E-state index in [4.69, 9.17) is 9.47 Å². The highest BCUT2D eigenvalue weighted by molar-refractivity contribution is 9.09. The van der Waals surface area contributed by atoms with Crippen LogP contribution in [0, 0.1) is 0 Å². The first-order chi connectivity index (χ1) is 10.2. The molecule has 21 heavy (non-hydrogen) atoms. The van der Waals surface area contributed by atoms with Crippen molar-refractivity contribution in [2.24, 2.45) is 0 Å². The minimum absolute atomic E-state index is 0.0675. The lowest BCUT2D eigenvalue weighted by atomic mass is 9.98. The van der Waals surface area contributed by atoms with Gasteiger partial charge in [0.2, 0.25) is 0 Å². The van der Waals surface area contributed by atoms with Crippen LogP contribution in [0.15, 0.2) is 18.2 Å². The summed E-state index contributed by atoms with van der Waals surface area (Å²) in [7, 11) is 3.19. The highest BCUT2D eigenvalue weighted by Gasteiger charge is 2.27. The van der Waals surface area contributed by atoms with E-state index in [0.29, 0.717) is 23.1 Å². The zero-order valence-electron chi connectivity index (χ0n) is 12.6. The third kappa shape index (κ3) is 3.90. The van der Waals surface area contributed by atoms with E-state index in [2.05, 4.69) is 15.9 Å². The second-order valence-corrected chi connectivity index (χ2v) is 6.02. The maximum absolute atomic E-state index is 12.8. The van der Waals surface area contributed by atoms with Crippen LogP contribution in [0.25, 0.3) is 0 Å². The van der Waals surface area contributed by atoms with Crippen molar-refractivity contribution >= 4 is 21.8 Å². The van der Waals surface area contributed by atoms with Crippen LogP contribution in [-0.4, -0.2) is 42.9 Å². The number of methoxy groups -OCH3 is 2. The van der Waals surface area contributed by atoms with Crippen LogP contribution in [-0.2, 0) is 0 Å². The minimum atomic E-state index is 0.0675. The SMILES string of the molecule is COc1cc(OC)cc(C(=O)N2CCCCC2CCBr)c1. The van der Waals surface area contributed by atoms with Crippen LogP contribution in [0.4, 0.5) is 0 Å². The summed E-state index contributed by atoms with van der Waals surface area (Å²) < 4.78 is 10.5. The van der Waals surface area contributed by atoms with Gasteiger partial charge in [-0.2, -0.15) is 0 Å². The Morgan fingerprint density at radius 2 is 1.90 bits per heavy atom. The van der Waals surface area contributed by atoms with Gasteiger partial charge in [-0.25, -0.2) is 0 Å². The molecule has 1 aromatic rings. The van der Waals surface area contributed by atoms with Gasteiger partial charge in [0, 0.05) is 29.5 Å². The number of nitrogens with zero attached hydrogens (tertiary/aromatic N) is 1. The van der Waals surface area contributed by atoms with Gasteiger partial charge in [-0.1, -0.05) is 15.9 Å². The molecule has 0 bridgehead atoms. The molecule has 1 aliphatic rings. The van der Waals surface area contributed by atoms with Crippen LogP contribution >= 0.6 is 15.9 Å². The van der Waals surface area contributed by atoms with Gasteiger partial charge in [0.1, 0.15) is 11.5 Å². The van der Waals surface area contributed by atoms with Crippen LogP contribution in [0.3, 0.4) is 0 Å². The molecule has 4 nitrogen and oxygen atoms in total. The molecule has 5 heteroatoms. The second kappa shape index (κ2) is 7.69. The lowest BCUT2D eigenvalue weighted by molar-refractivity contribution is 0.0609. The summed E-state index contributed by atoms with van der Waals surface area (Å²) in [6.07, 6.45) is 4.35. The number of benzene rings is 1. The molecule has 0 spiro atoms. The number of carbonyl (C=O) groups is 1. The quantitative estimate of drug-likeness (QED) is 0.759. The van der Waals surface area contributed by atoms with Crippen LogP contribution in [0.2, 0.25) is 0 Å². The average Bonchev–Trinajstić information content (AvgIpc) is 2.54. The number of piperidine rings is 1. The number of carbonyl (C=O) groups excluding carboxylic acids is 1. The maximum atomic E-state index is 12.8. The van der Waals surface area contributed by atoms with Crippen molar-refractivity contribution in [1.82, 2.24) is 4.90 Å². The van der Waals surface area contributed by atoms with E-state index in [0.717, 1.165) is 31.1 Å². The van der Waals surface area contributed by atoms with Crippen LogP contribution < -0.4 is 9.47 Å². The number of hydrogen-bond acceptors (Lipinski definition) is 3. The van der Waals surface area contributed by atoms with E-state index in [1.165, 1.54) is 6.42 Å². The van der Waals surface area contributed by atoms with E-state index in [9.17, 15) is 4.79 Å². The Morgan fingerprint density at radius 3 is 2.48 bits per heavy atom. The van der Waals surface area contributed by atoms with Gasteiger partial charge in [-0.3, -0.25) is 4.79 Å². The Balaban J connectivity index is 2.24. The van der Waals surface area contributed by atoms with E-state index >= 15 is 0 Å². The van der Waals surface area contributed by atoms with Crippen LogP contribution in [0.5, 0.6) is 11.5 Å². The number of likely N-dealkylation sites (tertiary alicyclic amines) is 1. The molecule has 1 heterocycles. The topological polar surface area (TPSA) is 38.8 Å². The maximum Gasteiger partial charge on any atom is 0.254 e. The third-order valence-corrected chi connectivity index (χ3v) is 4.39. The molecule has 2 rings (SSSR count). The predicted octanol–water partition coefficient (Wildman–Crippen LogP) is 3.48. The summed E-state index contributed by atoms with van der Waals surface area (Å²) >= 11 is 3.49. The molecule has 1 aromatic carbocycles. The molecule has 1 amide bonds. The van der Waals surface area contributed by atoms with Gasteiger partial charge in [0.05, 0.1) is 14.2 Å². The Bertz CT molecular complexity index is 468. The van der Waals surface area contributed by atoms with Gasteiger partial charge < -0.3 is 14.4 Å². The Kier molecular flexibility index (Phi) is 5.91. The fraction of sp³-hybridized carbons (Fsp3) is 0.562. The van der Waals surface area contributed by atoms with Crippen molar-refractivity contribution < 1.29 is 14.3 Å². The number of amides is 1. The molecular weight excluding hydrogens is 334 g/mol. The van der Waals surface area contributed by atoms with E-state index in [1.54, 1.807) is 32.4 Å². The molecule has 0 radical (unpaired) electrons. The summed E-state index contributed by atoms with van der Waals surface area (Å²) in [4.78, 5) is 14.8. The largest absolute Gasteiger partial charge is 0.497 e. The molecule has 116 valence electrons. The molecule has 1 unspecified atom stereocenters. The molecule has 1 saturated heterocycles. The number of alkyl halides is 1. The average molecular weight is 356 g/mol. The summed E-state index contributed by atoms with van der Waals surface area (Å²) in [5.41, 5.74) is 0.632. The highest BCUT2D eigenvalue weighted by Crippen LogP contribution is 2.27. The van der Waals surface area contributed by atoms with Gasteiger partial charge in [-0.05, 0) is 37.8 Å². The second-order valence-electron chi connectivity index (χ2n) is 5.23. The first-order valence-electron chi connectivity index (χ1n) is 7.29. The van der Waals surface area contributed by atoms with Gasteiger partial charge in [-0.15, -0.1) is 0 Å². The smallest absolute Gasteiger partial charge is 0.254 e. The molecule has 0 N–H and O–H groups in total. The summed E-state index contributed by atoms with van der Waals surface area (Å²) in [6.45, 7) is 0.829. The van der Waals surface area contributed by atoms with Crippen molar-refractivity contribution in [2.45, 2.75) is 31.7 Å². The molecular formula is C16H22BrNO3. The molecule has 1 atom stereocenters. The third-order valence-electron chi connectivity index (χ3n) is 3.93. The fourth-order valence-corrected chi connectivity index (χ4v) is 3.32. The van der Waals surface area contributed by atoms with Gasteiger partial charge in [0.25, 0.3) is 5.91 Å². The normalized spacial score (nSPS) is 18.4. The highest BCUT2D eigenvalue weighted by atomic mass is 79.9. The van der Waals surface area contributed by atoms with Gasteiger partial charge in [0.15, 0.2) is 0 Å². The van der Waals surface area contributed by atoms with E-state index in [-0.39, 0.29) is 5.91 Å². The van der Waals surface area contributed by atoms with Crippen molar-refractivity contribution in [2.75, 3.05) is 26.1 Å². The monoisotopic (exact) mass is 355 g/mol. The van der Waals surface area contributed by atoms with E-state index in [1.807, 2.05) is 4.90 Å². The van der Waals surface area contributed by atoms with Crippen molar-refractivity contribution in [1.29, 1.82) is 0 Å². The summed E-state index contributed by atoms with van der Waals surface area (Å²) in [6, 6.07) is 5.67. The van der Waals surface area contributed by atoms with Crippen molar-refractivity contribution in [3.05, 3.63) is 23.8 Å². The first kappa shape index (κ1) is 16.1. The lowest BCUT2D eigenvalue weighted by Crippen LogP contribution is -2.43. The Hall–Kier alpha value is -1.23. The molecule has 1 fully saturated rings. The van der Waals surface area contributed by atoms with E-state index < -0.39 is 0 Å². The predicted molar refractivity (Wildman–Crippen MR) is 86.6 cm³/mol. The standard InChI is InChI=1S/C16H22BrNO3/c1-20-14-9-12(10-15(11-14)21-2)16(19)18-8-4-3-5-13(18)6-7-17/h9-11,13H,3-8H2,1-2H3. The van der Waals surface area contributed by atoms with Crippen molar-refractivity contribution in [3.63, 3.8) is 0 Å². The first-order valence-corrected chi connectivity index (χ1v) is 8.41. The minimum Gasteiger partial charge on any atom is -0.497 e. The summed E-state index contributed by atoms with van der Waals surface area (Å²) in [5, 5.41) is 0.920. The zero-order chi connectivity index (χ0) is 15.2. The number of rotatable bonds is 5. The lowest BCUT2D eigenvalue weighted by Gasteiger charge is -2.35. The molecule has 0 saturated carbocycles. The number of hydrogen-bond donors (Lipinski definition) is 0. The molecule has 0 aliphatic carbocycles. The number of ether oxygens (including phenoxy) is 2. The molecule has 0 aromatic heterocycles. The fourth-order valence-electron chi connectivity index (χ4n) is 2.79. The van der Waals surface area contributed by atoms with Gasteiger partial charge >= 0.3 is 0 Å². The van der Waals surface area contributed by atoms with Crippen molar-refractivity contribution in [3.8, 4) is 11.5 Å². The van der Waals surface area contributed by atoms with Crippen LogP contribution in [0.1, 0.15) is 36.0 Å². The Morgan fingerprint density at radius 1 is 1.24 bits per heavy atom. The molecule has 1 aliphatic heterocycles. The Labute approximate surface area is 134 Å². The number of halogens is 1. The summed E-state index contributed by atoms with van der Waals surface area (Å²) in [5.74, 6) is 1.36.